The number of nitrogens with zero attached hydrogens (tertiary/aromatic N) is 5. The SMILES string of the molecule is [11CH3]c1ccc(CN(c2ccc(C#N)cc2)n2cnnc2)cc1. The summed E-state index contributed by atoms with van der Waals surface area (Å²) in [5, 5.41) is 18.7. The molecule has 0 amide bonds. The fraction of sp³-hybridized carbons (Fsp3) is 0.118. The van der Waals surface area contributed by atoms with Crippen molar-refractivity contribution in [3.8, 4) is 6.07 Å². The van der Waals surface area contributed by atoms with Crippen molar-refractivity contribution in [1.29, 1.82) is 5.26 Å². The summed E-state index contributed by atoms with van der Waals surface area (Å²) in [6.07, 6.45) is 3.32. The molecule has 2 aromatic carbocycles. The van der Waals surface area contributed by atoms with Gasteiger partial charge in [-0.3, -0.25) is 5.01 Å². The summed E-state index contributed by atoms with van der Waals surface area (Å²) in [4.78, 5) is 0. The smallest absolute Gasteiger partial charge is 0.139 e. The highest BCUT2D eigenvalue weighted by atomic mass is 15.6. The molecule has 0 radical (unpaired) electrons. The zero-order valence-corrected chi connectivity index (χ0v) is 12.2. The van der Waals surface area contributed by atoms with Crippen LogP contribution in [0.4, 0.5) is 5.69 Å². The van der Waals surface area contributed by atoms with E-state index in [1.54, 1.807) is 12.7 Å². The van der Waals surface area contributed by atoms with Gasteiger partial charge in [0.25, 0.3) is 0 Å². The first-order chi connectivity index (χ1) is 10.8. The highest BCUT2D eigenvalue weighted by molar-refractivity contribution is 5.49. The zero-order chi connectivity index (χ0) is 15.4. The van der Waals surface area contributed by atoms with Crippen molar-refractivity contribution in [3.05, 3.63) is 77.9 Å². The van der Waals surface area contributed by atoms with Gasteiger partial charge in [-0.1, -0.05) is 29.8 Å². The van der Waals surface area contributed by atoms with E-state index in [1.165, 1.54) is 11.1 Å². The van der Waals surface area contributed by atoms with Crippen molar-refractivity contribution >= 4 is 5.69 Å². The molecule has 1 heterocycles. The van der Waals surface area contributed by atoms with Crippen LogP contribution in [-0.4, -0.2) is 14.9 Å². The highest BCUT2D eigenvalue weighted by Crippen LogP contribution is 2.19. The Bertz CT molecular complexity index is 767. The van der Waals surface area contributed by atoms with E-state index in [0.29, 0.717) is 12.1 Å². The van der Waals surface area contributed by atoms with Crippen molar-refractivity contribution in [3.63, 3.8) is 0 Å². The van der Waals surface area contributed by atoms with Crippen LogP contribution < -0.4 is 5.01 Å². The van der Waals surface area contributed by atoms with Crippen molar-refractivity contribution in [2.24, 2.45) is 0 Å². The van der Waals surface area contributed by atoms with Crippen LogP contribution in [0, 0.1) is 18.3 Å². The van der Waals surface area contributed by atoms with E-state index in [2.05, 4.69) is 47.5 Å². The number of nitriles is 1. The fourth-order valence-corrected chi connectivity index (χ4v) is 2.20. The van der Waals surface area contributed by atoms with Crippen LogP contribution >= 0.6 is 0 Å². The second kappa shape index (κ2) is 6.10. The lowest BCUT2D eigenvalue weighted by molar-refractivity contribution is 0.685. The number of anilines is 1. The Morgan fingerprint density at radius 1 is 1.00 bits per heavy atom. The van der Waals surface area contributed by atoms with Gasteiger partial charge in [-0.15, -0.1) is 10.2 Å². The molecule has 0 N–H and O–H groups in total. The molecule has 0 unspecified atom stereocenters. The molecule has 0 saturated heterocycles. The second-order valence-electron chi connectivity index (χ2n) is 5.04. The predicted molar refractivity (Wildman–Crippen MR) is 83.9 cm³/mol. The number of benzene rings is 2. The average Bonchev–Trinajstić information content (AvgIpc) is 3.09. The van der Waals surface area contributed by atoms with E-state index >= 15 is 0 Å². The van der Waals surface area contributed by atoms with Gasteiger partial charge < -0.3 is 0 Å². The van der Waals surface area contributed by atoms with E-state index in [9.17, 15) is 0 Å². The van der Waals surface area contributed by atoms with Gasteiger partial charge in [0.1, 0.15) is 12.7 Å². The number of hydrogen-bond donors (Lipinski definition) is 0. The van der Waals surface area contributed by atoms with Crippen molar-refractivity contribution < 1.29 is 0 Å². The van der Waals surface area contributed by atoms with Gasteiger partial charge in [-0.2, -0.15) is 5.26 Å². The monoisotopic (exact) mass is 288 g/mol. The lowest BCUT2D eigenvalue weighted by Crippen LogP contribution is -2.27. The first kappa shape index (κ1) is 13.8. The van der Waals surface area contributed by atoms with Crippen molar-refractivity contribution in [2.75, 3.05) is 5.01 Å². The van der Waals surface area contributed by atoms with Gasteiger partial charge in [-0.05, 0) is 36.8 Å². The zero-order valence-electron chi connectivity index (χ0n) is 12.2. The lowest BCUT2D eigenvalue weighted by Gasteiger charge is -2.25. The Balaban J connectivity index is 1.93. The van der Waals surface area contributed by atoms with Gasteiger partial charge >= 0.3 is 0 Å². The van der Waals surface area contributed by atoms with Crippen LogP contribution in [0.25, 0.3) is 0 Å². The summed E-state index contributed by atoms with van der Waals surface area (Å²) < 4.78 is 1.83. The second-order valence-corrected chi connectivity index (χ2v) is 5.04. The summed E-state index contributed by atoms with van der Waals surface area (Å²) in [5.74, 6) is 0. The first-order valence-electron chi connectivity index (χ1n) is 6.94. The van der Waals surface area contributed by atoms with Gasteiger partial charge in [0.15, 0.2) is 0 Å². The first-order valence-corrected chi connectivity index (χ1v) is 6.94. The van der Waals surface area contributed by atoms with Gasteiger partial charge in [0, 0.05) is 0 Å². The molecule has 0 saturated carbocycles. The molecule has 5 heteroatoms. The quantitative estimate of drug-likeness (QED) is 0.740. The Morgan fingerprint density at radius 2 is 1.64 bits per heavy atom. The number of aryl methyl sites for hydroxylation is 1. The summed E-state index contributed by atoms with van der Waals surface area (Å²) in [6, 6.07) is 18.0. The molecule has 108 valence electrons. The molecule has 0 aliphatic carbocycles. The molecule has 3 aromatic rings. The maximum atomic E-state index is 8.92. The minimum Gasteiger partial charge on any atom is -0.274 e. The third-order valence-electron chi connectivity index (χ3n) is 3.43. The molecule has 0 bridgehead atoms. The third kappa shape index (κ3) is 2.96. The minimum atomic E-state index is 0.641. The highest BCUT2D eigenvalue weighted by Gasteiger charge is 2.10. The maximum Gasteiger partial charge on any atom is 0.139 e. The number of aromatic nitrogens is 3. The lowest BCUT2D eigenvalue weighted by atomic mass is 10.0. The molecule has 0 aliphatic heterocycles. The van der Waals surface area contributed by atoms with Crippen LogP contribution in [0.2, 0.25) is 0 Å². The van der Waals surface area contributed by atoms with E-state index < -0.39 is 0 Å². The Kier molecular flexibility index (Phi) is 3.84. The third-order valence-corrected chi connectivity index (χ3v) is 3.43. The minimum absolute atomic E-state index is 0.641. The van der Waals surface area contributed by atoms with Gasteiger partial charge in [-0.25, -0.2) is 4.68 Å². The largest absolute Gasteiger partial charge is 0.274 e. The standard InChI is InChI=1S/C17H15N5/c1-14-2-4-16(5-3-14)11-22(21-12-19-20-13-21)17-8-6-15(10-18)7-9-17/h2-9,12-13H,11H2,1H3/i1-1. The molecule has 0 aliphatic rings. The molecule has 5 nitrogen and oxygen atoms in total. The summed E-state index contributed by atoms with van der Waals surface area (Å²) >= 11 is 0. The Hall–Kier alpha value is -3.13. The fourth-order valence-electron chi connectivity index (χ4n) is 2.20. The van der Waals surface area contributed by atoms with E-state index in [-0.39, 0.29) is 0 Å². The average molecular weight is 288 g/mol. The normalized spacial score (nSPS) is 10.2. The van der Waals surface area contributed by atoms with Crippen LogP contribution in [-0.2, 0) is 6.54 Å². The molecule has 0 spiro atoms. The molecule has 0 fully saturated rings. The summed E-state index contributed by atoms with van der Waals surface area (Å²) in [7, 11) is 0. The topological polar surface area (TPSA) is 57.7 Å². The summed E-state index contributed by atoms with van der Waals surface area (Å²) in [5.41, 5.74) is 4.03. The molecule has 3 rings (SSSR count). The van der Waals surface area contributed by atoms with Crippen LogP contribution in [0.1, 0.15) is 16.7 Å². The predicted octanol–water partition coefficient (Wildman–Crippen LogP) is 2.93. The Morgan fingerprint density at radius 3 is 2.23 bits per heavy atom. The van der Waals surface area contributed by atoms with Gasteiger partial charge in [0.05, 0.1) is 23.9 Å². The van der Waals surface area contributed by atoms with Crippen molar-refractivity contribution in [1.82, 2.24) is 14.9 Å². The van der Waals surface area contributed by atoms with Crippen LogP contribution in [0.15, 0.2) is 61.2 Å². The molecular formula is C17H15N5. The van der Waals surface area contributed by atoms with E-state index in [1.807, 2.05) is 34.0 Å². The van der Waals surface area contributed by atoms with Gasteiger partial charge in [0.2, 0.25) is 0 Å². The molecule has 0 atom stereocenters. The van der Waals surface area contributed by atoms with E-state index in [0.717, 1.165) is 5.69 Å². The van der Waals surface area contributed by atoms with E-state index in [4.69, 9.17) is 5.26 Å². The van der Waals surface area contributed by atoms with Crippen LogP contribution in [0.5, 0.6) is 0 Å². The maximum absolute atomic E-state index is 8.92. The molecular weight excluding hydrogens is 273 g/mol. The van der Waals surface area contributed by atoms with Crippen LogP contribution in [0.3, 0.4) is 0 Å². The Labute approximate surface area is 129 Å². The number of hydrogen-bond acceptors (Lipinski definition) is 4. The molecule has 1 aromatic heterocycles. The number of rotatable bonds is 4. The summed E-state index contributed by atoms with van der Waals surface area (Å²) in [6.45, 7) is 2.76. The van der Waals surface area contributed by atoms with Crippen molar-refractivity contribution in [2.45, 2.75) is 13.5 Å². The molecule has 22 heavy (non-hydrogen) atoms.